The Morgan fingerprint density at radius 3 is 2.67 bits per heavy atom. The lowest BCUT2D eigenvalue weighted by molar-refractivity contribution is -0.140. The summed E-state index contributed by atoms with van der Waals surface area (Å²) < 4.78 is 0. The third-order valence-corrected chi connectivity index (χ3v) is 4.31. The zero-order valence-electron chi connectivity index (χ0n) is 14.0. The Morgan fingerprint density at radius 2 is 1.96 bits per heavy atom. The zero-order chi connectivity index (χ0) is 17.1. The highest BCUT2D eigenvalue weighted by Crippen LogP contribution is 2.26. The molecule has 1 aliphatic heterocycles. The fourth-order valence-corrected chi connectivity index (χ4v) is 3.00. The smallest absolute Gasteiger partial charge is 0.233 e. The molecule has 0 aliphatic carbocycles. The summed E-state index contributed by atoms with van der Waals surface area (Å²) >= 11 is 0. The van der Waals surface area contributed by atoms with Gasteiger partial charge in [0.05, 0.1) is 12.5 Å². The van der Waals surface area contributed by atoms with Crippen LogP contribution in [-0.2, 0) is 22.6 Å². The minimum Gasteiger partial charge on any atom is -0.378 e. The van der Waals surface area contributed by atoms with Crippen molar-refractivity contribution in [2.75, 3.05) is 19.0 Å². The summed E-state index contributed by atoms with van der Waals surface area (Å²) in [6.07, 6.45) is 4.24. The second-order valence-corrected chi connectivity index (χ2v) is 6.35. The quantitative estimate of drug-likeness (QED) is 0.792. The van der Waals surface area contributed by atoms with Gasteiger partial charge in [-0.1, -0.05) is 18.2 Å². The van der Waals surface area contributed by atoms with Crippen LogP contribution < -0.4 is 4.90 Å². The van der Waals surface area contributed by atoms with Crippen LogP contribution in [0, 0.1) is 5.92 Å². The molecule has 1 aliphatic rings. The molecule has 1 atom stereocenters. The molecular weight excluding hydrogens is 302 g/mol. The number of benzene rings is 1. The predicted molar refractivity (Wildman–Crippen MR) is 92.4 cm³/mol. The molecule has 0 bridgehead atoms. The topological polar surface area (TPSA) is 53.5 Å². The van der Waals surface area contributed by atoms with E-state index in [0.29, 0.717) is 13.0 Å². The van der Waals surface area contributed by atoms with Gasteiger partial charge in [-0.2, -0.15) is 0 Å². The molecule has 0 radical (unpaired) electrons. The van der Waals surface area contributed by atoms with Crippen molar-refractivity contribution < 1.29 is 9.59 Å². The Bertz CT molecular complexity index is 743. The molecule has 3 rings (SSSR count). The standard InChI is InChI=1S/C19H21N3O2/c1-21(2)17-7-3-5-14(10-17)9-16-11-18(23)22(19(16)24)13-15-6-4-8-20-12-15/h3-8,10,12,16H,9,11,13H2,1-2H3. The molecule has 124 valence electrons. The van der Waals surface area contributed by atoms with Crippen LogP contribution in [0.2, 0.25) is 0 Å². The number of rotatable bonds is 5. The van der Waals surface area contributed by atoms with Crippen LogP contribution >= 0.6 is 0 Å². The molecule has 2 amide bonds. The Balaban J connectivity index is 1.71. The first-order valence-corrected chi connectivity index (χ1v) is 8.04. The van der Waals surface area contributed by atoms with Gasteiger partial charge in [-0.05, 0) is 35.7 Å². The van der Waals surface area contributed by atoms with Crippen molar-refractivity contribution in [1.82, 2.24) is 9.88 Å². The maximum absolute atomic E-state index is 12.6. The average molecular weight is 323 g/mol. The maximum atomic E-state index is 12.6. The monoisotopic (exact) mass is 323 g/mol. The Kier molecular flexibility index (Phi) is 4.60. The van der Waals surface area contributed by atoms with E-state index in [1.165, 1.54) is 4.90 Å². The Hall–Kier alpha value is -2.69. The highest BCUT2D eigenvalue weighted by atomic mass is 16.2. The number of anilines is 1. The molecule has 1 saturated heterocycles. The van der Waals surface area contributed by atoms with Gasteiger partial charge in [-0.25, -0.2) is 0 Å². The second-order valence-electron chi connectivity index (χ2n) is 6.35. The van der Waals surface area contributed by atoms with Gasteiger partial charge in [-0.15, -0.1) is 0 Å². The average Bonchev–Trinajstić information content (AvgIpc) is 2.83. The number of nitrogens with zero attached hydrogens (tertiary/aromatic N) is 3. The molecular formula is C19H21N3O2. The fourth-order valence-electron chi connectivity index (χ4n) is 3.00. The van der Waals surface area contributed by atoms with Crippen molar-refractivity contribution in [2.45, 2.75) is 19.4 Å². The van der Waals surface area contributed by atoms with E-state index in [0.717, 1.165) is 16.8 Å². The highest BCUT2D eigenvalue weighted by Gasteiger charge is 2.38. The van der Waals surface area contributed by atoms with Gasteiger partial charge >= 0.3 is 0 Å². The van der Waals surface area contributed by atoms with Crippen molar-refractivity contribution in [3.63, 3.8) is 0 Å². The van der Waals surface area contributed by atoms with Crippen LogP contribution in [0.1, 0.15) is 17.5 Å². The van der Waals surface area contributed by atoms with Gasteiger partial charge in [0, 0.05) is 38.6 Å². The van der Waals surface area contributed by atoms with Gasteiger partial charge in [0.2, 0.25) is 11.8 Å². The fraction of sp³-hybridized carbons (Fsp3) is 0.316. The van der Waals surface area contributed by atoms with Crippen LogP contribution in [-0.4, -0.2) is 35.8 Å². The lowest BCUT2D eigenvalue weighted by Crippen LogP contribution is -2.30. The van der Waals surface area contributed by atoms with Crippen molar-refractivity contribution in [3.05, 3.63) is 59.9 Å². The summed E-state index contributed by atoms with van der Waals surface area (Å²) in [4.78, 5) is 32.3. The third-order valence-electron chi connectivity index (χ3n) is 4.31. The lowest BCUT2D eigenvalue weighted by Gasteiger charge is -2.16. The highest BCUT2D eigenvalue weighted by molar-refractivity contribution is 6.03. The summed E-state index contributed by atoms with van der Waals surface area (Å²) in [5, 5.41) is 0. The van der Waals surface area contributed by atoms with Crippen LogP contribution in [0.15, 0.2) is 48.8 Å². The lowest BCUT2D eigenvalue weighted by atomic mass is 9.97. The molecule has 5 heteroatoms. The molecule has 5 nitrogen and oxygen atoms in total. The largest absolute Gasteiger partial charge is 0.378 e. The van der Waals surface area contributed by atoms with E-state index in [1.807, 2.05) is 49.3 Å². The number of pyridine rings is 1. The number of imide groups is 1. The Morgan fingerprint density at radius 1 is 1.17 bits per heavy atom. The number of likely N-dealkylation sites (tertiary alicyclic amines) is 1. The molecule has 1 aromatic heterocycles. The number of hydrogen-bond donors (Lipinski definition) is 0. The van der Waals surface area contributed by atoms with Crippen molar-refractivity contribution >= 4 is 17.5 Å². The first kappa shape index (κ1) is 16.2. The number of aromatic nitrogens is 1. The van der Waals surface area contributed by atoms with E-state index in [2.05, 4.69) is 11.1 Å². The first-order valence-electron chi connectivity index (χ1n) is 8.04. The van der Waals surface area contributed by atoms with Crippen LogP contribution in [0.5, 0.6) is 0 Å². The van der Waals surface area contributed by atoms with E-state index in [1.54, 1.807) is 12.4 Å². The van der Waals surface area contributed by atoms with E-state index in [4.69, 9.17) is 0 Å². The van der Waals surface area contributed by atoms with Crippen molar-refractivity contribution in [3.8, 4) is 0 Å². The molecule has 2 heterocycles. The molecule has 24 heavy (non-hydrogen) atoms. The number of amides is 2. The molecule has 1 fully saturated rings. The summed E-state index contributed by atoms with van der Waals surface area (Å²) in [5.41, 5.74) is 3.04. The number of carbonyl (C=O) groups is 2. The van der Waals surface area contributed by atoms with E-state index in [9.17, 15) is 9.59 Å². The minimum absolute atomic E-state index is 0.0842. The van der Waals surface area contributed by atoms with Gasteiger partial charge in [0.25, 0.3) is 0 Å². The molecule has 0 spiro atoms. The van der Waals surface area contributed by atoms with Gasteiger partial charge in [-0.3, -0.25) is 19.5 Å². The third kappa shape index (κ3) is 3.45. The van der Waals surface area contributed by atoms with Crippen LogP contribution in [0.4, 0.5) is 5.69 Å². The van der Waals surface area contributed by atoms with Crippen molar-refractivity contribution in [1.29, 1.82) is 0 Å². The molecule has 0 saturated carbocycles. The van der Waals surface area contributed by atoms with Crippen molar-refractivity contribution in [2.24, 2.45) is 5.92 Å². The Labute approximate surface area is 141 Å². The SMILES string of the molecule is CN(C)c1cccc(CC2CC(=O)N(Cc3cccnc3)C2=O)c1. The zero-order valence-corrected chi connectivity index (χ0v) is 14.0. The molecule has 2 aromatic rings. The summed E-state index contributed by atoms with van der Waals surface area (Å²) in [6, 6.07) is 11.8. The predicted octanol–water partition coefficient (Wildman–Crippen LogP) is 2.27. The van der Waals surface area contributed by atoms with Gasteiger partial charge in [0.15, 0.2) is 0 Å². The molecule has 0 N–H and O–H groups in total. The van der Waals surface area contributed by atoms with Gasteiger partial charge in [0.1, 0.15) is 0 Å². The van der Waals surface area contributed by atoms with E-state index < -0.39 is 0 Å². The number of hydrogen-bond acceptors (Lipinski definition) is 4. The van der Waals surface area contributed by atoms with Gasteiger partial charge < -0.3 is 4.90 Å². The van der Waals surface area contributed by atoms with E-state index >= 15 is 0 Å². The number of carbonyl (C=O) groups excluding carboxylic acids is 2. The first-order chi connectivity index (χ1) is 11.5. The minimum atomic E-state index is -0.272. The second kappa shape index (κ2) is 6.83. The molecule has 1 aromatic carbocycles. The summed E-state index contributed by atoms with van der Waals surface area (Å²) in [6.45, 7) is 0.305. The summed E-state index contributed by atoms with van der Waals surface area (Å²) in [7, 11) is 3.97. The molecule has 1 unspecified atom stereocenters. The van der Waals surface area contributed by atoms with Crippen LogP contribution in [0.25, 0.3) is 0 Å². The summed E-state index contributed by atoms with van der Waals surface area (Å²) in [5.74, 6) is -0.455. The normalized spacial score (nSPS) is 17.4. The van der Waals surface area contributed by atoms with E-state index in [-0.39, 0.29) is 24.2 Å². The maximum Gasteiger partial charge on any atom is 0.233 e. The van der Waals surface area contributed by atoms with Crippen LogP contribution in [0.3, 0.4) is 0 Å².